The average molecular weight is 435 g/mol. The number of benzene rings is 2. The van der Waals surface area contributed by atoms with Crippen molar-refractivity contribution >= 4 is 27.3 Å². The molecule has 3 rings (SSSR count). The van der Waals surface area contributed by atoms with Crippen LogP contribution in [-0.4, -0.2) is 58.5 Å². The lowest BCUT2D eigenvalue weighted by Gasteiger charge is -2.36. The molecule has 0 bridgehead atoms. The van der Waals surface area contributed by atoms with Crippen molar-refractivity contribution < 1.29 is 17.6 Å². The number of nitrogens with one attached hydrogen (secondary N) is 2. The number of halogens is 1. The largest absolute Gasteiger partial charge is 0.367 e. The van der Waals surface area contributed by atoms with E-state index in [9.17, 15) is 17.6 Å². The second kappa shape index (κ2) is 10.0. The minimum atomic E-state index is -3.59. The van der Waals surface area contributed by atoms with E-state index in [4.69, 9.17) is 0 Å². The van der Waals surface area contributed by atoms with Gasteiger partial charge in [-0.1, -0.05) is 12.1 Å². The quantitative estimate of drug-likeness (QED) is 0.623. The molecule has 30 heavy (non-hydrogen) atoms. The summed E-state index contributed by atoms with van der Waals surface area (Å²) in [5.41, 5.74) is 1.19. The van der Waals surface area contributed by atoms with E-state index < -0.39 is 10.0 Å². The highest BCUT2D eigenvalue weighted by atomic mass is 32.2. The molecule has 2 N–H and O–H groups in total. The van der Waals surface area contributed by atoms with Crippen molar-refractivity contribution in [3.63, 3.8) is 0 Å². The first-order valence-electron chi connectivity index (χ1n) is 9.94. The summed E-state index contributed by atoms with van der Waals surface area (Å²) in [4.78, 5) is 15.5. The summed E-state index contributed by atoms with van der Waals surface area (Å²) in [5, 5.41) is 2.60. The third-order valence-corrected chi connectivity index (χ3v) is 6.47. The number of hydrogen-bond donors (Lipinski definition) is 2. The number of amides is 1. The van der Waals surface area contributed by atoms with Gasteiger partial charge in [0.25, 0.3) is 0 Å². The number of para-hydroxylation sites is 1. The molecule has 0 spiro atoms. The molecule has 162 valence electrons. The Morgan fingerprint density at radius 3 is 2.33 bits per heavy atom. The molecule has 0 saturated carbocycles. The molecule has 1 saturated heterocycles. The number of carbonyl (C=O) groups is 1. The molecule has 9 heteroatoms. The maximum Gasteiger partial charge on any atom is 0.240 e. The molecule has 0 unspecified atom stereocenters. The third-order valence-electron chi connectivity index (χ3n) is 4.99. The second-order valence-electron chi connectivity index (χ2n) is 7.24. The standard InChI is InChI=1S/C21H27FN4O3S/c1-17(27)24-18-7-9-19(10-8-18)30(28,29)23-11-4-12-25-13-15-26(16-14-25)21-6-3-2-5-20(21)22/h2-3,5-10,23H,4,11-16H2,1H3,(H,24,27). The van der Waals surface area contributed by atoms with Crippen molar-refractivity contribution in [2.24, 2.45) is 0 Å². The summed E-state index contributed by atoms with van der Waals surface area (Å²) >= 11 is 0. The molecule has 2 aromatic carbocycles. The summed E-state index contributed by atoms with van der Waals surface area (Å²) in [6, 6.07) is 12.8. The van der Waals surface area contributed by atoms with Gasteiger partial charge >= 0.3 is 0 Å². The van der Waals surface area contributed by atoms with Crippen molar-refractivity contribution in [2.75, 3.05) is 49.5 Å². The Balaban J connectivity index is 1.40. The van der Waals surface area contributed by atoms with Crippen molar-refractivity contribution in [3.8, 4) is 0 Å². The van der Waals surface area contributed by atoms with Crippen LogP contribution in [0.4, 0.5) is 15.8 Å². The Labute approximate surface area is 176 Å². The fourth-order valence-corrected chi connectivity index (χ4v) is 4.51. The van der Waals surface area contributed by atoms with Crippen molar-refractivity contribution in [3.05, 3.63) is 54.3 Å². The van der Waals surface area contributed by atoms with E-state index >= 15 is 0 Å². The highest BCUT2D eigenvalue weighted by Crippen LogP contribution is 2.20. The molecule has 0 aliphatic carbocycles. The van der Waals surface area contributed by atoms with Crippen LogP contribution < -0.4 is 14.9 Å². The Bertz CT molecular complexity index is 958. The predicted molar refractivity (Wildman–Crippen MR) is 116 cm³/mol. The molecule has 0 atom stereocenters. The molecule has 0 aromatic heterocycles. The van der Waals surface area contributed by atoms with Gasteiger partial charge in [-0.2, -0.15) is 0 Å². The lowest BCUT2D eigenvalue weighted by atomic mass is 10.2. The van der Waals surface area contributed by atoms with Gasteiger partial charge in [0.15, 0.2) is 0 Å². The second-order valence-corrected chi connectivity index (χ2v) is 9.00. The molecular weight excluding hydrogens is 407 g/mol. The molecule has 1 amide bonds. The van der Waals surface area contributed by atoms with E-state index in [2.05, 4.69) is 14.9 Å². The maximum atomic E-state index is 13.9. The number of piperazine rings is 1. The normalized spacial score (nSPS) is 15.2. The van der Waals surface area contributed by atoms with Crippen LogP contribution in [0.1, 0.15) is 13.3 Å². The minimum Gasteiger partial charge on any atom is -0.367 e. The molecule has 1 fully saturated rings. The monoisotopic (exact) mass is 434 g/mol. The topological polar surface area (TPSA) is 81.7 Å². The van der Waals surface area contributed by atoms with Gasteiger partial charge in [0.05, 0.1) is 10.6 Å². The number of hydrogen-bond acceptors (Lipinski definition) is 5. The zero-order valence-corrected chi connectivity index (χ0v) is 17.8. The predicted octanol–water partition coefficient (Wildman–Crippen LogP) is 2.27. The van der Waals surface area contributed by atoms with Crippen molar-refractivity contribution in [2.45, 2.75) is 18.2 Å². The maximum absolute atomic E-state index is 13.9. The first-order chi connectivity index (χ1) is 14.3. The SMILES string of the molecule is CC(=O)Nc1ccc(S(=O)(=O)NCCCN2CCN(c3ccccc3F)CC2)cc1. The van der Waals surface area contributed by atoms with E-state index in [1.54, 1.807) is 24.3 Å². The first-order valence-corrected chi connectivity index (χ1v) is 11.4. The molecule has 1 aliphatic rings. The van der Waals surface area contributed by atoms with Gasteiger partial charge in [0, 0.05) is 45.3 Å². The number of carbonyl (C=O) groups excluding carboxylic acids is 1. The Hall–Kier alpha value is -2.49. The van der Waals surface area contributed by atoms with Crippen LogP contribution in [-0.2, 0) is 14.8 Å². The van der Waals surface area contributed by atoms with Crippen LogP contribution in [0.2, 0.25) is 0 Å². The zero-order valence-electron chi connectivity index (χ0n) is 17.0. The van der Waals surface area contributed by atoms with Gasteiger partial charge in [0.2, 0.25) is 15.9 Å². The summed E-state index contributed by atoms with van der Waals surface area (Å²) in [6.07, 6.45) is 0.683. The van der Waals surface area contributed by atoms with Gasteiger partial charge in [-0.25, -0.2) is 17.5 Å². The smallest absolute Gasteiger partial charge is 0.240 e. The van der Waals surface area contributed by atoms with Crippen LogP contribution in [0.3, 0.4) is 0 Å². The highest BCUT2D eigenvalue weighted by Gasteiger charge is 2.19. The minimum absolute atomic E-state index is 0.162. The Kier molecular flexibility index (Phi) is 7.41. The number of rotatable bonds is 8. The van der Waals surface area contributed by atoms with Gasteiger partial charge in [-0.15, -0.1) is 0 Å². The van der Waals surface area contributed by atoms with E-state index in [0.717, 1.165) is 32.7 Å². The van der Waals surface area contributed by atoms with Gasteiger partial charge < -0.3 is 10.2 Å². The van der Waals surface area contributed by atoms with E-state index in [1.165, 1.54) is 25.1 Å². The third kappa shape index (κ3) is 6.01. The number of anilines is 2. The van der Waals surface area contributed by atoms with Crippen molar-refractivity contribution in [1.29, 1.82) is 0 Å². The molecular formula is C21H27FN4O3S. The van der Waals surface area contributed by atoms with Crippen LogP contribution >= 0.6 is 0 Å². The van der Waals surface area contributed by atoms with Crippen LogP contribution in [0.15, 0.2) is 53.4 Å². The van der Waals surface area contributed by atoms with E-state index in [1.807, 2.05) is 11.0 Å². The zero-order chi connectivity index (χ0) is 21.6. The number of sulfonamides is 1. The summed E-state index contributed by atoms with van der Waals surface area (Å²) in [5.74, 6) is -0.413. The van der Waals surface area contributed by atoms with Crippen LogP contribution in [0, 0.1) is 5.82 Å². The molecule has 1 heterocycles. The van der Waals surface area contributed by atoms with Crippen LogP contribution in [0.5, 0.6) is 0 Å². The Morgan fingerprint density at radius 1 is 1.03 bits per heavy atom. The fraction of sp³-hybridized carbons (Fsp3) is 0.381. The number of nitrogens with zero attached hydrogens (tertiary/aromatic N) is 2. The summed E-state index contributed by atoms with van der Waals surface area (Å²) in [7, 11) is -3.59. The van der Waals surface area contributed by atoms with Gasteiger partial charge in [0.1, 0.15) is 5.82 Å². The molecule has 1 aliphatic heterocycles. The molecule has 0 radical (unpaired) electrons. The first kappa shape index (κ1) is 22.2. The fourth-order valence-electron chi connectivity index (χ4n) is 3.43. The summed E-state index contributed by atoms with van der Waals surface area (Å²) in [6.45, 7) is 5.61. The molecule has 7 nitrogen and oxygen atoms in total. The van der Waals surface area contributed by atoms with Gasteiger partial charge in [-0.05, 0) is 49.4 Å². The van der Waals surface area contributed by atoms with Crippen molar-refractivity contribution in [1.82, 2.24) is 9.62 Å². The van der Waals surface area contributed by atoms with Gasteiger partial charge in [-0.3, -0.25) is 9.69 Å². The lowest BCUT2D eigenvalue weighted by Crippen LogP contribution is -2.47. The van der Waals surface area contributed by atoms with Crippen LogP contribution in [0.25, 0.3) is 0 Å². The summed E-state index contributed by atoms with van der Waals surface area (Å²) < 4.78 is 41.3. The van der Waals surface area contributed by atoms with E-state index in [0.29, 0.717) is 24.3 Å². The van der Waals surface area contributed by atoms with E-state index in [-0.39, 0.29) is 16.6 Å². The average Bonchev–Trinajstić information content (AvgIpc) is 2.72. The molecule has 2 aromatic rings. The lowest BCUT2D eigenvalue weighted by molar-refractivity contribution is -0.114. The highest BCUT2D eigenvalue weighted by molar-refractivity contribution is 7.89. The Morgan fingerprint density at radius 2 is 1.70 bits per heavy atom.